The number of pyridine rings is 1. The van der Waals surface area contributed by atoms with Gasteiger partial charge in [-0.15, -0.1) is 0 Å². The van der Waals surface area contributed by atoms with Crippen molar-refractivity contribution in [3.63, 3.8) is 0 Å². The summed E-state index contributed by atoms with van der Waals surface area (Å²) in [5.41, 5.74) is 0.609. The Kier molecular flexibility index (Phi) is 3.90. The molecule has 0 bridgehead atoms. The maximum Gasteiger partial charge on any atom is 0.328 e. The number of ether oxygens (including phenoxy) is 1. The molecule has 2 aromatic heterocycles. The Balaban J connectivity index is 2.62. The van der Waals surface area contributed by atoms with Crippen LogP contribution in [0, 0.1) is 0 Å². The average molecular weight is 284 g/mol. The standard InChI is InChI=1S/C12H14ClN3O3/c1-3-8(12(17)18)16-9-5-10(13)15-11(19-4-2)7(9)6-14-16/h5-6,8H,3-4H2,1-2H3,(H,17,18). The Bertz CT molecular complexity index is 612. The summed E-state index contributed by atoms with van der Waals surface area (Å²) in [5, 5.41) is 14.2. The smallest absolute Gasteiger partial charge is 0.328 e. The molecule has 0 radical (unpaired) electrons. The summed E-state index contributed by atoms with van der Waals surface area (Å²) in [7, 11) is 0. The molecule has 0 aliphatic rings. The van der Waals surface area contributed by atoms with E-state index < -0.39 is 12.0 Å². The first-order valence-electron chi connectivity index (χ1n) is 5.97. The van der Waals surface area contributed by atoms with Gasteiger partial charge in [0.2, 0.25) is 5.88 Å². The number of halogens is 1. The van der Waals surface area contributed by atoms with Crippen LogP contribution in [0.5, 0.6) is 5.88 Å². The number of carbonyl (C=O) groups is 1. The van der Waals surface area contributed by atoms with Crippen LogP contribution in [0.1, 0.15) is 26.3 Å². The molecule has 0 saturated carbocycles. The molecule has 0 amide bonds. The largest absolute Gasteiger partial charge is 0.480 e. The number of carboxylic acids is 1. The summed E-state index contributed by atoms with van der Waals surface area (Å²) in [6.07, 6.45) is 1.98. The lowest BCUT2D eigenvalue weighted by atomic mass is 10.2. The lowest BCUT2D eigenvalue weighted by molar-refractivity contribution is -0.141. The summed E-state index contributed by atoms with van der Waals surface area (Å²) >= 11 is 5.94. The number of fused-ring (bicyclic) bond motifs is 1. The SMILES string of the molecule is CCOc1nc(Cl)cc2c1cnn2C(CC)C(=O)O. The molecule has 0 spiro atoms. The van der Waals surface area contributed by atoms with E-state index in [1.165, 1.54) is 4.68 Å². The molecular weight excluding hydrogens is 270 g/mol. The highest BCUT2D eigenvalue weighted by molar-refractivity contribution is 6.30. The molecule has 0 aliphatic carbocycles. The molecule has 2 heterocycles. The third-order valence-corrected chi connectivity index (χ3v) is 2.97. The van der Waals surface area contributed by atoms with Crippen molar-refractivity contribution >= 4 is 28.5 Å². The van der Waals surface area contributed by atoms with Crippen molar-refractivity contribution in [3.8, 4) is 5.88 Å². The topological polar surface area (TPSA) is 77.2 Å². The van der Waals surface area contributed by atoms with Gasteiger partial charge in [-0.3, -0.25) is 4.68 Å². The summed E-state index contributed by atoms with van der Waals surface area (Å²) in [4.78, 5) is 15.3. The van der Waals surface area contributed by atoms with Gasteiger partial charge in [-0.25, -0.2) is 9.78 Å². The number of rotatable bonds is 5. The van der Waals surface area contributed by atoms with Crippen LogP contribution in [0.2, 0.25) is 5.15 Å². The van der Waals surface area contributed by atoms with Crippen LogP contribution < -0.4 is 4.74 Å². The molecule has 2 rings (SSSR count). The summed E-state index contributed by atoms with van der Waals surface area (Å²) in [5.74, 6) is -0.560. The van der Waals surface area contributed by atoms with E-state index in [0.717, 1.165) is 0 Å². The minimum absolute atomic E-state index is 0.248. The number of hydrogen-bond donors (Lipinski definition) is 1. The van der Waals surface area contributed by atoms with Crippen molar-refractivity contribution in [1.82, 2.24) is 14.8 Å². The van der Waals surface area contributed by atoms with E-state index in [4.69, 9.17) is 16.3 Å². The molecule has 7 heteroatoms. The van der Waals surface area contributed by atoms with Crippen LogP contribution in [-0.4, -0.2) is 32.4 Å². The Morgan fingerprint density at radius 2 is 2.32 bits per heavy atom. The Morgan fingerprint density at radius 1 is 1.58 bits per heavy atom. The van der Waals surface area contributed by atoms with Gasteiger partial charge in [0.15, 0.2) is 0 Å². The van der Waals surface area contributed by atoms with E-state index in [0.29, 0.717) is 29.8 Å². The van der Waals surface area contributed by atoms with Gasteiger partial charge in [-0.05, 0) is 13.3 Å². The van der Waals surface area contributed by atoms with Gasteiger partial charge in [0, 0.05) is 6.07 Å². The number of aliphatic carboxylic acids is 1. The quantitative estimate of drug-likeness (QED) is 0.853. The molecule has 102 valence electrons. The van der Waals surface area contributed by atoms with Crippen LogP contribution in [0.15, 0.2) is 12.3 Å². The highest BCUT2D eigenvalue weighted by Gasteiger charge is 2.22. The zero-order valence-corrected chi connectivity index (χ0v) is 11.4. The number of carboxylic acid groups (broad SMARTS) is 1. The Hall–Kier alpha value is -1.82. The number of aromatic nitrogens is 3. The molecule has 0 aromatic carbocycles. The molecule has 6 nitrogen and oxygen atoms in total. The second-order valence-corrected chi connectivity index (χ2v) is 4.35. The van der Waals surface area contributed by atoms with Gasteiger partial charge in [0.25, 0.3) is 0 Å². The highest BCUT2D eigenvalue weighted by atomic mass is 35.5. The van der Waals surface area contributed by atoms with Gasteiger partial charge < -0.3 is 9.84 Å². The van der Waals surface area contributed by atoms with Gasteiger partial charge in [-0.2, -0.15) is 5.10 Å². The fourth-order valence-corrected chi connectivity index (χ4v) is 2.11. The highest BCUT2D eigenvalue weighted by Crippen LogP contribution is 2.29. The van der Waals surface area contributed by atoms with Crippen molar-refractivity contribution in [2.24, 2.45) is 0 Å². The lowest BCUT2D eigenvalue weighted by Crippen LogP contribution is -2.19. The fraction of sp³-hybridized carbons (Fsp3) is 0.417. The molecule has 1 atom stereocenters. The van der Waals surface area contributed by atoms with Crippen LogP contribution in [0.4, 0.5) is 0 Å². The second-order valence-electron chi connectivity index (χ2n) is 3.97. The van der Waals surface area contributed by atoms with E-state index >= 15 is 0 Å². The predicted molar refractivity (Wildman–Crippen MR) is 70.7 cm³/mol. The number of nitrogens with zero attached hydrogens (tertiary/aromatic N) is 3. The van der Waals surface area contributed by atoms with E-state index in [-0.39, 0.29) is 5.15 Å². The van der Waals surface area contributed by atoms with E-state index in [1.807, 2.05) is 6.92 Å². The number of hydrogen-bond acceptors (Lipinski definition) is 4. The van der Waals surface area contributed by atoms with Gasteiger partial charge in [0.1, 0.15) is 11.2 Å². The van der Waals surface area contributed by atoms with Crippen LogP contribution in [0.25, 0.3) is 10.9 Å². The fourth-order valence-electron chi connectivity index (χ4n) is 1.93. The van der Waals surface area contributed by atoms with Crippen molar-refractivity contribution in [2.45, 2.75) is 26.3 Å². The first-order valence-corrected chi connectivity index (χ1v) is 6.35. The normalized spacial score (nSPS) is 12.6. The van der Waals surface area contributed by atoms with Crippen LogP contribution in [0.3, 0.4) is 0 Å². The molecule has 0 fully saturated rings. The van der Waals surface area contributed by atoms with Gasteiger partial charge in [0.05, 0.1) is 23.7 Å². The monoisotopic (exact) mass is 283 g/mol. The van der Waals surface area contributed by atoms with Crippen molar-refractivity contribution < 1.29 is 14.6 Å². The first-order chi connectivity index (χ1) is 9.08. The van der Waals surface area contributed by atoms with E-state index in [2.05, 4.69) is 10.1 Å². The second kappa shape index (κ2) is 5.44. The Morgan fingerprint density at radius 3 is 2.89 bits per heavy atom. The third kappa shape index (κ3) is 2.49. The van der Waals surface area contributed by atoms with Gasteiger partial charge in [-0.1, -0.05) is 18.5 Å². The molecule has 0 saturated heterocycles. The van der Waals surface area contributed by atoms with Crippen molar-refractivity contribution in [1.29, 1.82) is 0 Å². The molecular formula is C12H14ClN3O3. The maximum atomic E-state index is 11.2. The molecule has 2 aromatic rings. The summed E-state index contributed by atoms with van der Waals surface area (Å²) in [6, 6.07) is 0.864. The van der Waals surface area contributed by atoms with E-state index in [1.54, 1.807) is 19.2 Å². The summed E-state index contributed by atoms with van der Waals surface area (Å²) < 4.78 is 6.83. The zero-order valence-electron chi connectivity index (χ0n) is 10.6. The molecule has 1 N–H and O–H groups in total. The Labute approximate surface area is 115 Å². The minimum atomic E-state index is -0.932. The lowest BCUT2D eigenvalue weighted by Gasteiger charge is -2.12. The molecule has 0 aliphatic heterocycles. The minimum Gasteiger partial charge on any atom is -0.480 e. The molecule has 19 heavy (non-hydrogen) atoms. The van der Waals surface area contributed by atoms with Gasteiger partial charge >= 0.3 is 5.97 Å². The summed E-state index contributed by atoms with van der Waals surface area (Å²) in [6.45, 7) is 4.08. The van der Waals surface area contributed by atoms with Crippen molar-refractivity contribution in [3.05, 3.63) is 17.4 Å². The predicted octanol–water partition coefficient (Wildman–Crippen LogP) is 2.52. The zero-order chi connectivity index (χ0) is 14.0. The van der Waals surface area contributed by atoms with Crippen LogP contribution in [-0.2, 0) is 4.79 Å². The van der Waals surface area contributed by atoms with Crippen molar-refractivity contribution in [2.75, 3.05) is 6.61 Å². The van der Waals surface area contributed by atoms with E-state index in [9.17, 15) is 9.90 Å². The maximum absolute atomic E-state index is 11.2. The third-order valence-electron chi connectivity index (χ3n) is 2.78. The first kappa shape index (κ1) is 13.6. The molecule has 1 unspecified atom stereocenters. The average Bonchev–Trinajstić information content (AvgIpc) is 2.74. The van der Waals surface area contributed by atoms with Crippen LogP contribution >= 0.6 is 11.6 Å².